The molecule has 0 radical (unpaired) electrons. The van der Waals surface area contributed by atoms with Crippen LogP contribution in [0.2, 0.25) is 5.02 Å². The van der Waals surface area contributed by atoms with Crippen LogP contribution < -0.4 is 10.9 Å². The number of carbonyl (C=O) groups is 1. The van der Waals surface area contributed by atoms with Gasteiger partial charge in [-0.2, -0.15) is 0 Å². The van der Waals surface area contributed by atoms with Crippen molar-refractivity contribution in [3.05, 3.63) is 63.9 Å². The average molecular weight is 444 g/mol. The quantitative estimate of drug-likeness (QED) is 0.340. The molecule has 2 heterocycles. The number of hydrogen-bond donors (Lipinski definition) is 1. The first-order valence-corrected chi connectivity index (χ1v) is 10.5. The summed E-state index contributed by atoms with van der Waals surface area (Å²) in [7, 11) is 1.56. The molecule has 4 rings (SSSR count). The van der Waals surface area contributed by atoms with Crippen molar-refractivity contribution in [1.82, 2.24) is 9.55 Å². The Morgan fingerprint density at radius 3 is 2.77 bits per heavy atom. The third-order valence-electron chi connectivity index (χ3n) is 4.43. The highest BCUT2D eigenvalue weighted by Crippen LogP contribution is 2.27. The Balaban J connectivity index is 1.64. The van der Waals surface area contributed by atoms with Crippen LogP contribution in [0.5, 0.6) is 0 Å². The van der Waals surface area contributed by atoms with Gasteiger partial charge in [0.15, 0.2) is 5.16 Å². The van der Waals surface area contributed by atoms with Gasteiger partial charge in [-0.15, -0.1) is 0 Å². The SMILES string of the molecule is COCCn1c(SCC(=O)Nc2ccc(Cl)cc2)nc2c(oc3ccccc32)c1=O. The number of furan rings is 1. The van der Waals surface area contributed by atoms with E-state index in [0.29, 0.717) is 40.1 Å². The summed E-state index contributed by atoms with van der Waals surface area (Å²) in [6, 6.07) is 14.2. The number of amides is 1. The zero-order valence-corrected chi connectivity index (χ0v) is 17.6. The molecule has 9 heteroatoms. The van der Waals surface area contributed by atoms with Gasteiger partial charge in [0, 0.05) is 23.2 Å². The number of benzene rings is 2. The van der Waals surface area contributed by atoms with Gasteiger partial charge in [-0.05, 0) is 36.4 Å². The van der Waals surface area contributed by atoms with Gasteiger partial charge in [0.1, 0.15) is 11.1 Å². The van der Waals surface area contributed by atoms with Crippen molar-refractivity contribution >= 4 is 57.0 Å². The van der Waals surface area contributed by atoms with Crippen LogP contribution in [0.3, 0.4) is 0 Å². The second kappa shape index (κ2) is 8.91. The summed E-state index contributed by atoms with van der Waals surface area (Å²) in [4.78, 5) is 30.1. The lowest BCUT2D eigenvalue weighted by atomic mass is 10.2. The second-order valence-corrected chi connectivity index (χ2v) is 7.84. The molecule has 2 aromatic heterocycles. The number of fused-ring (bicyclic) bond motifs is 3. The Kier molecular flexibility index (Phi) is 6.08. The van der Waals surface area contributed by atoms with Crippen molar-refractivity contribution in [3.63, 3.8) is 0 Å². The van der Waals surface area contributed by atoms with E-state index in [9.17, 15) is 9.59 Å². The number of rotatable bonds is 7. The first-order chi connectivity index (χ1) is 14.6. The van der Waals surface area contributed by atoms with E-state index in [1.807, 2.05) is 18.2 Å². The molecule has 0 saturated carbocycles. The number of nitrogens with one attached hydrogen (secondary N) is 1. The molecule has 4 aromatic rings. The first kappa shape index (κ1) is 20.5. The zero-order valence-electron chi connectivity index (χ0n) is 16.1. The van der Waals surface area contributed by atoms with Crippen LogP contribution in [0.25, 0.3) is 22.1 Å². The van der Waals surface area contributed by atoms with Crippen LogP contribution >= 0.6 is 23.4 Å². The summed E-state index contributed by atoms with van der Waals surface area (Å²) in [6.07, 6.45) is 0. The van der Waals surface area contributed by atoms with Crippen molar-refractivity contribution in [2.24, 2.45) is 0 Å². The maximum atomic E-state index is 13.0. The number of nitrogens with zero attached hydrogens (tertiary/aromatic N) is 2. The Hall–Kier alpha value is -2.81. The van der Waals surface area contributed by atoms with Crippen molar-refractivity contribution in [2.45, 2.75) is 11.7 Å². The first-order valence-electron chi connectivity index (χ1n) is 9.16. The van der Waals surface area contributed by atoms with Gasteiger partial charge in [0.25, 0.3) is 5.56 Å². The Morgan fingerprint density at radius 2 is 2.00 bits per heavy atom. The number of anilines is 1. The fourth-order valence-electron chi connectivity index (χ4n) is 3.00. The summed E-state index contributed by atoms with van der Waals surface area (Å²) in [5.41, 5.74) is 1.63. The maximum absolute atomic E-state index is 13.0. The molecule has 30 heavy (non-hydrogen) atoms. The van der Waals surface area contributed by atoms with E-state index >= 15 is 0 Å². The molecule has 1 amide bonds. The van der Waals surface area contributed by atoms with Gasteiger partial charge >= 0.3 is 0 Å². The van der Waals surface area contributed by atoms with Gasteiger partial charge in [0.05, 0.1) is 18.9 Å². The molecule has 1 N–H and O–H groups in total. The number of thioether (sulfide) groups is 1. The highest BCUT2D eigenvalue weighted by atomic mass is 35.5. The number of halogens is 1. The maximum Gasteiger partial charge on any atom is 0.297 e. The minimum absolute atomic E-state index is 0.0866. The van der Waals surface area contributed by atoms with Crippen LogP contribution in [0.15, 0.2) is 62.9 Å². The molecule has 154 valence electrons. The van der Waals surface area contributed by atoms with Crippen LogP contribution in [0.4, 0.5) is 5.69 Å². The average Bonchev–Trinajstić information content (AvgIpc) is 3.12. The lowest BCUT2D eigenvalue weighted by Crippen LogP contribution is -2.25. The highest BCUT2D eigenvalue weighted by Gasteiger charge is 2.18. The second-order valence-electron chi connectivity index (χ2n) is 6.46. The molecule has 0 fully saturated rings. The highest BCUT2D eigenvalue weighted by molar-refractivity contribution is 7.99. The topological polar surface area (TPSA) is 86.4 Å². The van der Waals surface area contributed by atoms with Gasteiger partial charge in [0.2, 0.25) is 11.5 Å². The van der Waals surface area contributed by atoms with E-state index in [2.05, 4.69) is 10.3 Å². The van der Waals surface area contributed by atoms with Crippen molar-refractivity contribution < 1.29 is 13.9 Å². The lowest BCUT2D eigenvalue weighted by molar-refractivity contribution is -0.113. The summed E-state index contributed by atoms with van der Waals surface area (Å²) in [5.74, 6) is -0.129. The lowest BCUT2D eigenvalue weighted by Gasteiger charge is -2.11. The minimum Gasteiger partial charge on any atom is -0.448 e. The van der Waals surface area contributed by atoms with Crippen LogP contribution in [-0.2, 0) is 16.1 Å². The number of aromatic nitrogens is 2. The van der Waals surface area contributed by atoms with E-state index in [0.717, 1.165) is 5.39 Å². The third kappa shape index (κ3) is 4.21. The smallest absolute Gasteiger partial charge is 0.297 e. The summed E-state index contributed by atoms with van der Waals surface area (Å²) >= 11 is 7.05. The summed E-state index contributed by atoms with van der Waals surface area (Å²) in [6.45, 7) is 0.633. The van der Waals surface area contributed by atoms with Crippen molar-refractivity contribution in [2.75, 3.05) is 24.8 Å². The Morgan fingerprint density at radius 1 is 1.23 bits per heavy atom. The number of ether oxygens (including phenoxy) is 1. The molecule has 0 saturated heterocycles. The Bertz CT molecular complexity index is 1270. The standard InChI is InChI=1S/C21H18ClN3O4S/c1-28-11-10-25-20(27)19-18(15-4-2-3-5-16(15)29-19)24-21(25)30-12-17(26)23-14-8-6-13(22)7-9-14/h2-9H,10-12H2,1H3,(H,23,26). The monoisotopic (exact) mass is 443 g/mol. The molecule has 0 unspecified atom stereocenters. The molecular formula is C21H18ClN3O4S. The number of carbonyl (C=O) groups excluding carboxylic acids is 1. The van der Waals surface area contributed by atoms with E-state index in [1.165, 1.54) is 16.3 Å². The summed E-state index contributed by atoms with van der Waals surface area (Å²) in [5, 5.41) is 4.59. The van der Waals surface area contributed by atoms with Crippen LogP contribution in [0, 0.1) is 0 Å². The molecule has 0 spiro atoms. The fraction of sp³-hybridized carbons (Fsp3) is 0.190. The zero-order chi connectivity index (χ0) is 21.1. The summed E-state index contributed by atoms with van der Waals surface area (Å²) < 4.78 is 12.3. The normalized spacial score (nSPS) is 11.3. The minimum atomic E-state index is -0.297. The molecule has 0 aliphatic rings. The molecule has 2 aromatic carbocycles. The predicted octanol–water partition coefficient (Wildman–Crippen LogP) is 4.17. The van der Waals surface area contributed by atoms with Gasteiger partial charge < -0.3 is 14.5 Å². The largest absolute Gasteiger partial charge is 0.448 e. The van der Waals surface area contributed by atoms with Crippen LogP contribution in [-0.4, -0.2) is 34.9 Å². The van der Waals surface area contributed by atoms with Crippen molar-refractivity contribution in [3.8, 4) is 0 Å². The van der Waals surface area contributed by atoms with Crippen LogP contribution in [0.1, 0.15) is 0 Å². The molecule has 7 nitrogen and oxygen atoms in total. The third-order valence-corrected chi connectivity index (χ3v) is 5.65. The number of hydrogen-bond acceptors (Lipinski definition) is 6. The van der Waals surface area contributed by atoms with Gasteiger partial charge in [-0.25, -0.2) is 4.98 Å². The number of methoxy groups -OCH3 is 1. The van der Waals surface area contributed by atoms with Gasteiger partial charge in [-0.3, -0.25) is 14.2 Å². The number of para-hydroxylation sites is 1. The van der Waals surface area contributed by atoms with E-state index in [-0.39, 0.29) is 22.8 Å². The van der Waals surface area contributed by atoms with E-state index < -0.39 is 0 Å². The molecule has 0 bridgehead atoms. The predicted molar refractivity (Wildman–Crippen MR) is 118 cm³/mol. The molecule has 0 aliphatic carbocycles. The fourth-order valence-corrected chi connectivity index (χ4v) is 3.95. The molecule has 0 aliphatic heterocycles. The van der Waals surface area contributed by atoms with E-state index in [4.69, 9.17) is 20.8 Å². The van der Waals surface area contributed by atoms with Gasteiger partial charge in [-0.1, -0.05) is 35.5 Å². The Labute approximate surface area is 181 Å². The molecular weight excluding hydrogens is 426 g/mol. The van der Waals surface area contributed by atoms with E-state index in [1.54, 1.807) is 37.4 Å². The van der Waals surface area contributed by atoms with Crippen molar-refractivity contribution in [1.29, 1.82) is 0 Å². The molecule has 0 atom stereocenters.